The molecule has 0 unspecified atom stereocenters. The number of rotatable bonds is 5. The highest BCUT2D eigenvalue weighted by molar-refractivity contribution is 7.98. The Morgan fingerprint density at radius 3 is 3.21 bits per heavy atom. The maximum Gasteiger partial charge on any atom is 0.101 e. The summed E-state index contributed by atoms with van der Waals surface area (Å²) in [7, 11) is 0. The van der Waals surface area contributed by atoms with E-state index in [0.717, 1.165) is 24.4 Å². The molecule has 0 amide bonds. The molecule has 1 aromatic rings. The second-order valence-corrected chi connectivity index (χ2v) is 3.79. The van der Waals surface area contributed by atoms with E-state index in [9.17, 15) is 0 Å². The van der Waals surface area contributed by atoms with Gasteiger partial charge < -0.3 is 5.32 Å². The normalized spacial score (nSPS) is 9.43. The molecule has 1 heterocycles. The molecule has 0 fully saturated rings. The van der Waals surface area contributed by atoms with E-state index in [1.165, 1.54) is 0 Å². The number of nitrogens with one attached hydrogen (secondary N) is 1. The van der Waals surface area contributed by atoms with Gasteiger partial charge in [-0.15, -0.1) is 0 Å². The van der Waals surface area contributed by atoms with Crippen molar-refractivity contribution in [2.45, 2.75) is 6.42 Å². The van der Waals surface area contributed by atoms with Crippen LogP contribution in [0, 0.1) is 11.3 Å². The monoisotopic (exact) mass is 207 g/mol. The molecule has 0 bridgehead atoms. The van der Waals surface area contributed by atoms with Crippen LogP contribution in [-0.4, -0.2) is 23.5 Å². The number of nitrogens with zero attached hydrogens (tertiary/aromatic N) is 2. The summed E-state index contributed by atoms with van der Waals surface area (Å²) in [4.78, 5) is 3.97. The zero-order valence-electron chi connectivity index (χ0n) is 8.16. The standard InChI is InChI=1S/C10H13N3S/c1-14-6-2-4-13-10-8-12-5-3-9(10)7-11/h3,5,8,13H,2,4,6H2,1H3. The maximum absolute atomic E-state index is 8.80. The van der Waals surface area contributed by atoms with Gasteiger partial charge in [-0.2, -0.15) is 17.0 Å². The van der Waals surface area contributed by atoms with Gasteiger partial charge in [0.25, 0.3) is 0 Å². The van der Waals surface area contributed by atoms with Crippen molar-refractivity contribution in [2.75, 3.05) is 23.9 Å². The molecular formula is C10H13N3S. The first-order chi connectivity index (χ1) is 6.88. The second-order valence-electron chi connectivity index (χ2n) is 2.81. The molecule has 14 heavy (non-hydrogen) atoms. The van der Waals surface area contributed by atoms with Gasteiger partial charge in [-0.1, -0.05) is 0 Å². The Kier molecular flexibility index (Phi) is 4.87. The molecule has 0 aliphatic heterocycles. The predicted octanol–water partition coefficient (Wildman–Crippen LogP) is 2.12. The first-order valence-corrected chi connectivity index (χ1v) is 5.85. The fourth-order valence-corrected chi connectivity index (χ4v) is 1.51. The van der Waals surface area contributed by atoms with Crippen LogP contribution in [0.2, 0.25) is 0 Å². The average molecular weight is 207 g/mol. The van der Waals surface area contributed by atoms with Gasteiger partial charge in [-0.05, 0) is 24.5 Å². The van der Waals surface area contributed by atoms with Crippen LogP contribution in [0.1, 0.15) is 12.0 Å². The first-order valence-electron chi connectivity index (χ1n) is 4.45. The van der Waals surface area contributed by atoms with Crippen LogP contribution in [0.5, 0.6) is 0 Å². The highest BCUT2D eigenvalue weighted by Gasteiger charge is 1.98. The van der Waals surface area contributed by atoms with Gasteiger partial charge in [0.1, 0.15) is 6.07 Å². The number of pyridine rings is 1. The second kappa shape index (κ2) is 6.28. The summed E-state index contributed by atoms with van der Waals surface area (Å²) in [5.41, 5.74) is 1.49. The van der Waals surface area contributed by atoms with Gasteiger partial charge in [0, 0.05) is 12.7 Å². The SMILES string of the molecule is CSCCCNc1cnccc1C#N. The van der Waals surface area contributed by atoms with E-state index in [1.54, 1.807) is 18.5 Å². The van der Waals surface area contributed by atoms with Crippen LogP contribution in [0.15, 0.2) is 18.5 Å². The lowest BCUT2D eigenvalue weighted by atomic mass is 10.2. The lowest BCUT2D eigenvalue weighted by Gasteiger charge is -2.06. The van der Waals surface area contributed by atoms with Gasteiger partial charge in [-0.25, -0.2) is 0 Å². The third-order valence-corrected chi connectivity index (χ3v) is 2.48. The first kappa shape index (κ1) is 10.9. The molecule has 1 rings (SSSR count). The Morgan fingerprint density at radius 2 is 2.50 bits per heavy atom. The molecule has 0 radical (unpaired) electrons. The highest BCUT2D eigenvalue weighted by Crippen LogP contribution is 2.11. The number of thioether (sulfide) groups is 1. The van der Waals surface area contributed by atoms with Gasteiger partial charge in [0.2, 0.25) is 0 Å². The van der Waals surface area contributed by atoms with Crippen LogP contribution in [-0.2, 0) is 0 Å². The highest BCUT2D eigenvalue weighted by atomic mass is 32.2. The summed E-state index contributed by atoms with van der Waals surface area (Å²) in [5, 5.41) is 12.0. The van der Waals surface area contributed by atoms with E-state index in [2.05, 4.69) is 22.6 Å². The molecule has 74 valence electrons. The summed E-state index contributed by atoms with van der Waals surface area (Å²) in [6, 6.07) is 3.85. The quantitative estimate of drug-likeness (QED) is 0.751. The molecule has 0 aliphatic rings. The Bertz CT molecular complexity index is 319. The fourth-order valence-electron chi connectivity index (χ4n) is 1.07. The van der Waals surface area contributed by atoms with Crippen molar-refractivity contribution in [1.82, 2.24) is 4.98 Å². The van der Waals surface area contributed by atoms with Crippen molar-refractivity contribution in [1.29, 1.82) is 5.26 Å². The number of hydrogen-bond acceptors (Lipinski definition) is 4. The molecule has 1 aromatic heterocycles. The van der Waals surface area contributed by atoms with E-state index >= 15 is 0 Å². The molecule has 3 nitrogen and oxygen atoms in total. The molecule has 4 heteroatoms. The molecule has 0 spiro atoms. The molecule has 0 aromatic carbocycles. The van der Waals surface area contributed by atoms with Crippen molar-refractivity contribution in [2.24, 2.45) is 0 Å². The van der Waals surface area contributed by atoms with Gasteiger partial charge in [0.15, 0.2) is 0 Å². The van der Waals surface area contributed by atoms with Crippen molar-refractivity contribution < 1.29 is 0 Å². The molecular weight excluding hydrogens is 194 g/mol. The number of aromatic nitrogens is 1. The molecule has 0 atom stereocenters. The van der Waals surface area contributed by atoms with E-state index in [-0.39, 0.29) is 0 Å². The summed E-state index contributed by atoms with van der Waals surface area (Å²) in [5.74, 6) is 1.13. The maximum atomic E-state index is 8.80. The Balaban J connectivity index is 2.46. The Hall–Kier alpha value is -1.21. The van der Waals surface area contributed by atoms with Crippen LogP contribution < -0.4 is 5.32 Å². The van der Waals surface area contributed by atoms with E-state index in [1.807, 2.05) is 11.8 Å². The molecule has 0 aliphatic carbocycles. The van der Waals surface area contributed by atoms with E-state index < -0.39 is 0 Å². The third-order valence-electron chi connectivity index (χ3n) is 1.78. The third kappa shape index (κ3) is 3.27. The minimum absolute atomic E-state index is 0.657. The van der Waals surface area contributed by atoms with E-state index in [0.29, 0.717) is 5.56 Å². The van der Waals surface area contributed by atoms with Gasteiger partial charge >= 0.3 is 0 Å². The summed E-state index contributed by atoms with van der Waals surface area (Å²) in [6.45, 7) is 0.890. The predicted molar refractivity (Wildman–Crippen MR) is 60.4 cm³/mol. The molecule has 0 saturated carbocycles. The van der Waals surface area contributed by atoms with Crippen LogP contribution >= 0.6 is 11.8 Å². The number of hydrogen-bond donors (Lipinski definition) is 1. The number of nitriles is 1. The minimum atomic E-state index is 0.657. The topological polar surface area (TPSA) is 48.7 Å². The lowest BCUT2D eigenvalue weighted by molar-refractivity contribution is 0.990. The van der Waals surface area contributed by atoms with Crippen molar-refractivity contribution in [3.05, 3.63) is 24.0 Å². The minimum Gasteiger partial charge on any atom is -0.383 e. The lowest BCUT2D eigenvalue weighted by Crippen LogP contribution is -2.04. The van der Waals surface area contributed by atoms with Crippen LogP contribution in [0.4, 0.5) is 5.69 Å². The van der Waals surface area contributed by atoms with Gasteiger partial charge in [0.05, 0.1) is 17.4 Å². The van der Waals surface area contributed by atoms with Crippen molar-refractivity contribution >= 4 is 17.4 Å². The van der Waals surface area contributed by atoms with E-state index in [4.69, 9.17) is 5.26 Å². The van der Waals surface area contributed by atoms with Crippen LogP contribution in [0.25, 0.3) is 0 Å². The van der Waals surface area contributed by atoms with Crippen molar-refractivity contribution in [3.8, 4) is 6.07 Å². The largest absolute Gasteiger partial charge is 0.383 e. The van der Waals surface area contributed by atoms with Crippen LogP contribution in [0.3, 0.4) is 0 Å². The zero-order chi connectivity index (χ0) is 10.2. The fraction of sp³-hybridized carbons (Fsp3) is 0.400. The molecule has 1 N–H and O–H groups in total. The van der Waals surface area contributed by atoms with Gasteiger partial charge in [-0.3, -0.25) is 4.98 Å². The smallest absolute Gasteiger partial charge is 0.101 e. The Morgan fingerprint density at radius 1 is 1.64 bits per heavy atom. The Labute approximate surface area is 88.5 Å². The van der Waals surface area contributed by atoms with Crippen molar-refractivity contribution in [3.63, 3.8) is 0 Å². The zero-order valence-corrected chi connectivity index (χ0v) is 8.97. The summed E-state index contributed by atoms with van der Waals surface area (Å²) >= 11 is 1.83. The summed E-state index contributed by atoms with van der Waals surface area (Å²) in [6.07, 6.45) is 6.51. The molecule has 0 saturated heterocycles. The average Bonchev–Trinajstić information content (AvgIpc) is 2.25. The summed E-state index contributed by atoms with van der Waals surface area (Å²) < 4.78 is 0. The number of anilines is 1.